The van der Waals surface area contributed by atoms with Crippen LogP contribution in [-0.2, 0) is 16.0 Å². The number of halogens is 1. The second kappa shape index (κ2) is 9.68. The molecule has 0 bridgehead atoms. The minimum Gasteiger partial charge on any atom is -0.480 e. The van der Waals surface area contributed by atoms with Crippen molar-refractivity contribution in [2.75, 3.05) is 6.61 Å². The molecule has 7 heteroatoms. The lowest BCUT2D eigenvalue weighted by atomic mass is 9.98. The van der Waals surface area contributed by atoms with E-state index in [0.29, 0.717) is 16.5 Å². The minimum absolute atomic E-state index is 0.0207. The summed E-state index contributed by atoms with van der Waals surface area (Å²) >= 11 is 5.93. The van der Waals surface area contributed by atoms with Crippen LogP contribution < -0.4 is 5.32 Å². The zero-order chi connectivity index (χ0) is 24.4. The standard InChI is InChI=1S/C28H22ClNO5/c29-18-11-9-17(10-12-18)26-14-13-19(35-26)15-25(27(31)32)30-28(33)34-16-24-22-7-3-1-5-20(22)21-6-2-4-8-23(21)24/h1-14,24-25H,15-16H2,(H,30,33)(H,31,32). The van der Waals surface area contributed by atoms with Crippen LogP contribution in [0.25, 0.3) is 22.5 Å². The van der Waals surface area contributed by atoms with Crippen molar-refractivity contribution >= 4 is 23.7 Å². The van der Waals surface area contributed by atoms with Gasteiger partial charge in [0, 0.05) is 22.9 Å². The minimum atomic E-state index is -1.20. The predicted octanol–water partition coefficient (Wildman–Crippen LogP) is 6.13. The van der Waals surface area contributed by atoms with E-state index in [9.17, 15) is 14.7 Å². The van der Waals surface area contributed by atoms with Gasteiger partial charge in [-0.2, -0.15) is 0 Å². The molecule has 6 nitrogen and oxygen atoms in total. The molecule has 0 saturated heterocycles. The van der Waals surface area contributed by atoms with E-state index in [1.807, 2.05) is 48.5 Å². The Kier molecular flexibility index (Phi) is 6.29. The summed E-state index contributed by atoms with van der Waals surface area (Å²) in [5.74, 6) is -0.269. The summed E-state index contributed by atoms with van der Waals surface area (Å²) in [6, 6.07) is 25.4. The van der Waals surface area contributed by atoms with Gasteiger partial charge in [-0.05, 0) is 58.7 Å². The van der Waals surface area contributed by atoms with E-state index in [-0.39, 0.29) is 18.9 Å². The van der Waals surface area contributed by atoms with Crippen molar-refractivity contribution in [2.24, 2.45) is 0 Å². The maximum atomic E-state index is 12.5. The largest absolute Gasteiger partial charge is 0.480 e. The Labute approximate surface area is 207 Å². The maximum absolute atomic E-state index is 12.5. The molecule has 0 spiro atoms. The van der Waals surface area contributed by atoms with Crippen molar-refractivity contribution in [1.82, 2.24) is 5.32 Å². The van der Waals surface area contributed by atoms with Crippen LogP contribution in [0.15, 0.2) is 89.3 Å². The van der Waals surface area contributed by atoms with Crippen molar-refractivity contribution in [2.45, 2.75) is 18.4 Å². The first-order valence-corrected chi connectivity index (χ1v) is 11.6. The van der Waals surface area contributed by atoms with Gasteiger partial charge in [-0.3, -0.25) is 0 Å². The molecule has 35 heavy (non-hydrogen) atoms. The van der Waals surface area contributed by atoms with E-state index < -0.39 is 18.1 Å². The molecule has 1 heterocycles. The van der Waals surface area contributed by atoms with Gasteiger partial charge in [0.15, 0.2) is 0 Å². The third-order valence-electron chi connectivity index (χ3n) is 6.13. The lowest BCUT2D eigenvalue weighted by molar-refractivity contribution is -0.139. The molecular formula is C28H22ClNO5. The Morgan fingerprint density at radius 1 is 0.914 bits per heavy atom. The molecule has 4 aromatic rings. The topological polar surface area (TPSA) is 88.8 Å². The van der Waals surface area contributed by atoms with Gasteiger partial charge >= 0.3 is 12.1 Å². The highest BCUT2D eigenvalue weighted by molar-refractivity contribution is 6.30. The average Bonchev–Trinajstić information content (AvgIpc) is 3.45. The Morgan fingerprint density at radius 2 is 1.54 bits per heavy atom. The van der Waals surface area contributed by atoms with Gasteiger partial charge in [0.1, 0.15) is 24.2 Å². The first kappa shape index (κ1) is 22.7. The Hall–Kier alpha value is -4.03. The summed E-state index contributed by atoms with van der Waals surface area (Å²) in [7, 11) is 0. The number of aliphatic carboxylic acids is 1. The summed E-state index contributed by atoms with van der Waals surface area (Å²) < 4.78 is 11.3. The number of ether oxygens (including phenoxy) is 1. The molecule has 1 aliphatic carbocycles. The zero-order valence-electron chi connectivity index (χ0n) is 18.6. The fourth-order valence-corrected chi connectivity index (χ4v) is 4.57. The van der Waals surface area contributed by atoms with E-state index >= 15 is 0 Å². The Morgan fingerprint density at radius 3 is 2.17 bits per heavy atom. The summed E-state index contributed by atoms with van der Waals surface area (Å²) in [4.78, 5) is 24.4. The highest BCUT2D eigenvalue weighted by atomic mass is 35.5. The number of furan rings is 1. The number of carboxylic acids is 1. The van der Waals surface area contributed by atoms with Crippen molar-refractivity contribution in [1.29, 1.82) is 0 Å². The number of fused-ring (bicyclic) bond motifs is 3. The fraction of sp³-hybridized carbons (Fsp3) is 0.143. The van der Waals surface area contributed by atoms with E-state index in [1.165, 1.54) is 0 Å². The lowest BCUT2D eigenvalue weighted by Crippen LogP contribution is -2.42. The normalized spacial score (nSPS) is 13.1. The Bertz CT molecular complexity index is 1330. The van der Waals surface area contributed by atoms with Crippen LogP contribution >= 0.6 is 11.6 Å². The van der Waals surface area contributed by atoms with Gasteiger partial charge in [-0.25, -0.2) is 9.59 Å². The Balaban J connectivity index is 1.23. The number of carboxylic acid groups (broad SMARTS) is 1. The molecule has 0 fully saturated rings. The number of rotatable bonds is 7. The number of hydrogen-bond donors (Lipinski definition) is 2. The van der Waals surface area contributed by atoms with Crippen molar-refractivity contribution in [3.8, 4) is 22.5 Å². The molecule has 5 rings (SSSR count). The molecular weight excluding hydrogens is 466 g/mol. The van der Waals surface area contributed by atoms with Gasteiger partial charge in [0.05, 0.1) is 0 Å². The summed E-state index contributed by atoms with van der Waals surface area (Å²) in [5.41, 5.74) is 5.23. The second-order valence-corrected chi connectivity index (χ2v) is 8.77. The molecule has 0 radical (unpaired) electrons. The quantitative estimate of drug-likeness (QED) is 0.327. The number of carbonyl (C=O) groups is 2. The van der Waals surface area contributed by atoms with Gasteiger partial charge in [-0.15, -0.1) is 0 Å². The lowest BCUT2D eigenvalue weighted by Gasteiger charge is -2.17. The number of nitrogens with one attached hydrogen (secondary N) is 1. The van der Waals surface area contributed by atoms with Crippen LogP contribution in [-0.4, -0.2) is 29.8 Å². The molecule has 3 aromatic carbocycles. The maximum Gasteiger partial charge on any atom is 0.407 e. The van der Waals surface area contributed by atoms with E-state index in [2.05, 4.69) is 17.4 Å². The molecule has 176 valence electrons. The zero-order valence-corrected chi connectivity index (χ0v) is 19.4. The smallest absolute Gasteiger partial charge is 0.407 e. The molecule has 1 aromatic heterocycles. The molecule has 2 N–H and O–H groups in total. The van der Waals surface area contributed by atoms with Crippen LogP contribution in [0.2, 0.25) is 5.02 Å². The summed E-state index contributed by atoms with van der Waals surface area (Å²) in [5, 5.41) is 12.7. The third-order valence-corrected chi connectivity index (χ3v) is 6.38. The van der Waals surface area contributed by atoms with Crippen LogP contribution in [0.4, 0.5) is 4.79 Å². The van der Waals surface area contributed by atoms with Crippen molar-refractivity contribution in [3.63, 3.8) is 0 Å². The summed E-state index contributed by atoms with van der Waals surface area (Å²) in [6.07, 6.45) is -0.809. The molecule has 1 amide bonds. The van der Waals surface area contributed by atoms with E-state index in [4.69, 9.17) is 20.8 Å². The predicted molar refractivity (Wildman–Crippen MR) is 132 cm³/mol. The SMILES string of the molecule is O=C(NC(Cc1ccc(-c2ccc(Cl)cc2)o1)C(=O)O)OCC1c2ccccc2-c2ccccc21. The van der Waals surface area contributed by atoms with Gasteiger partial charge in [0.25, 0.3) is 0 Å². The second-order valence-electron chi connectivity index (χ2n) is 8.34. The summed E-state index contributed by atoms with van der Waals surface area (Å²) in [6.45, 7) is 0.105. The number of benzene rings is 3. The number of amides is 1. The fourth-order valence-electron chi connectivity index (χ4n) is 4.44. The van der Waals surface area contributed by atoms with E-state index in [1.54, 1.807) is 24.3 Å². The first-order valence-electron chi connectivity index (χ1n) is 11.2. The molecule has 1 atom stereocenters. The third kappa shape index (κ3) is 4.79. The number of hydrogen-bond acceptors (Lipinski definition) is 4. The first-order chi connectivity index (χ1) is 17.0. The van der Waals surface area contributed by atoms with Crippen LogP contribution in [0, 0.1) is 0 Å². The van der Waals surface area contributed by atoms with Gasteiger partial charge < -0.3 is 19.6 Å². The molecule has 0 saturated carbocycles. The van der Waals surface area contributed by atoms with Gasteiger partial charge in [-0.1, -0.05) is 60.1 Å². The van der Waals surface area contributed by atoms with Crippen LogP contribution in [0.3, 0.4) is 0 Å². The number of carbonyl (C=O) groups excluding carboxylic acids is 1. The average molecular weight is 488 g/mol. The molecule has 1 aliphatic rings. The highest BCUT2D eigenvalue weighted by Gasteiger charge is 2.30. The monoisotopic (exact) mass is 487 g/mol. The van der Waals surface area contributed by atoms with Crippen molar-refractivity contribution < 1.29 is 23.8 Å². The van der Waals surface area contributed by atoms with Crippen LogP contribution in [0.1, 0.15) is 22.8 Å². The van der Waals surface area contributed by atoms with Crippen LogP contribution in [0.5, 0.6) is 0 Å². The highest BCUT2D eigenvalue weighted by Crippen LogP contribution is 2.44. The van der Waals surface area contributed by atoms with Gasteiger partial charge in [0.2, 0.25) is 0 Å². The number of alkyl carbamates (subject to hydrolysis) is 1. The molecule has 0 aliphatic heterocycles. The van der Waals surface area contributed by atoms with E-state index in [0.717, 1.165) is 27.8 Å². The molecule has 1 unspecified atom stereocenters. The van der Waals surface area contributed by atoms with Crippen molar-refractivity contribution in [3.05, 3.63) is 107 Å².